The standard InChI is InChI=1S/C13H12N6OS/c1-8-15-5-6-19(8)11-9(3-2-4-16-11)17-12(20)10-7-21-13(14)18-10/h2-7H,1H3,(H2,14,18)(H,17,20). The maximum atomic E-state index is 12.2. The maximum Gasteiger partial charge on any atom is 0.275 e. The molecule has 0 saturated heterocycles. The van der Waals surface area contributed by atoms with Crippen molar-refractivity contribution in [3.05, 3.63) is 47.6 Å². The van der Waals surface area contributed by atoms with Gasteiger partial charge in [0.15, 0.2) is 10.9 Å². The number of imidazole rings is 1. The molecule has 3 rings (SSSR count). The summed E-state index contributed by atoms with van der Waals surface area (Å²) in [7, 11) is 0. The van der Waals surface area contributed by atoms with Gasteiger partial charge in [-0.05, 0) is 19.1 Å². The van der Waals surface area contributed by atoms with Gasteiger partial charge in [-0.3, -0.25) is 9.36 Å². The van der Waals surface area contributed by atoms with Gasteiger partial charge in [0, 0.05) is 24.0 Å². The molecule has 0 unspecified atom stereocenters. The molecule has 0 bridgehead atoms. The summed E-state index contributed by atoms with van der Waals surface area (Å²) >= 11 is 1.22. The van der Waals surface area contributed by atoms with E-state index in [2.05, 4.69) is 20.3 Å². The van der Waals surface area contributed by atoms with Crippen LogP contribution in [0.5, 0.6) is 0 Å². The van der Waals surface area contributed by atoms with Crippen LogP contribution in [0.25, 0.3) is 5.82 Å². The molecule has 0 radical (unpaired) electrons. The van der Waals surface area contributed by atoms with Gasteiger partial charge in [0.25, 0.3) is 5.91 Å². The average molecular weight is 300 g/mol. The highest BCUT2D eigenvalue weighted by Crippen LogP contribution is 2.20. The Morgan fingerprint density at radius 1 is 1.38 bits per heavy atom. The number of hydrogen-bond donors (Lipinski definition) is 2. The molecule has 3 aromatic heterocycles. The number of hydrogen-bond acceptors (Lipinski definition) is 6. The van der Waals surface area contributed by atoms with Crippen LogP contribution < -0.4 is 11.1 Å². The quantitative estimate of drug-likeness (QED) is 0.769. The molecule has 1 amide bonds. The van der Waals surface area contributed by atoms with E-state index in [-0.39, 0.29) is 11.6 Å². The Kier molecular flexibility index (Phi) is 3.36. The number of rotatable bonds is 3. The molecule has 0 aliphatic carbocycles. The van der Waals surface area contributed by atoms with Crippen molar-refractivity contribution in [2.75, 3.05) is 11.1 Å². The number of pyridine rings is 1. The number of carbonyl (C=O) groups excluding carboxylic acids is 1. The molecule has 3 heterocycles. The lowest BCUT2D eigenvalue weighted by Crippen LogP contribution is -2.15. The molecule has 3 N–H and O–H groups in total. The Morgan fingerprint density at radius 2 is 2.24 bits per heavy atom. The molecule has 7 nitrogen and oxygen atoms in total. The van der Waals surface area contributed by atoms with E-state index in [1.807, 2.05) is 6.92 Å². The summed E-state index contributed by atoms with van der Waals surface area (Å²) in [5.41, 5.74) is 6.40. The Balaban J connectivity index is 1.93. The molecule has 8 heteroatoms. The van der Waals surface area contributed by atoms with Crippen molar-refractivity contribution in [2.45, 2.75) is 6.92 Å². The fourth-order valence-corrected chi connectivity index (χ4v) is 2.41. The lowest BCUT2D eigenvalue weighted by Gasteiger charge is -2.10. The number of amides is 1. The van der Waals surface area contributed by atoms with Crippen molar-refractivity contribution in [1.82, 2.24) is 19.5 Å². The molecule has 0 aliphatic heterocycles. The summed E-state index contributed by atoms with van der Waals surface area (Å²) in [5, 5.41) is 4.77. The topological polar surface area (TPSA) is 98.7 Å². The summed E-state index contributed by atoms with van der Waals surface area (Å²) in [5.74, 6) is 1.06. The number of nitrogens with two attached hydrogens (primary N) is 1. The molecule has 0 aromatic carbocycles. The second-order valence-corrected chi connectivity index (χ2v) is 5.13. The van der Waals surface area contributed by atoms with Gasteiger partial charge in [-0.1, -0.05) is 0 Å². The highest BCUT2D eigenvalue weighted by Gasteiger charge is 2.14. The predicted molar refractivity (Wildman–Crippen MR) is 80.6 cm³/mol. The van der Waals surface area contributed by atoms with Crippen molar-refractivity contribution < 1.29 is 4.79 Å². The normalized spacial score (nSPS) is 10.5. The van der Waals surface area contributed by atoms with Crippen molar-refractivity contribution >= 4 is 28.1 Å². The third kappa shape index (κ3) is 2.61. The van der Waals surface area contributed by atoms with Gasteiger partial charge in [-0.25, -0.2) is 15.0 Å². The fourth-order valence-electron chi connectivity index (χ4n) is 1.87. The maximum absolute atomic E-state index is 12.2. The molecule has 21 heavy (non-hydrogen) atoms. The second kappa shape index (κ2) is 5.33. The smallest absolute Gasteiger partial charge is 0.275 e. The third-order valence-corrected chi connectivity index (χ3v) is 3.52. The molecule has 0 saturated carbocycles. The van der Waals surface area contributed by atoms with Crippen LogP contribution in [0.15, 0.2) is 36.1 Å². The average Bonchev–Trinajstić information content (AvgIpc) is 3.08. The van der Waals surface area contributed by atoms with Gasteiger partial charge in [-0.2, -0.15) is 0 Å². The zero-order chi connectivity index (χ0) is 14.8. The van der Waals surface area contributed by atoms with Crippen LogP contribution in [0.3, 0.4) is 0 Å². The van der Waals surface area contributed by atoms with E-state index in [1.165, 1.54) is 11.3 Å². The first kappa shape index (κ1) is 13.3. The number of nitrogen functional groups attached to an aromatic ring is 1. The number of thiazole rings is 1. The first-order valence-electron chi connectivity index (χ1n) is 6.13. The van der Waals surface area contributed by atoms with Crippen LogP contribution in [-0.4, -0.2) is 25.4 Å². The molecule has 0 spiro atoms. The van der Waals surface area contributed by atoms with Crippen LogP contribution >= 0.6 is 11.3 Å². The van der Waals surface area contributed by atoms with Gasteiger partial charge >= 0.3 is 0 Å². The van der Waals surface area contributed by atoms with E-state index < -0.39 is 0 Å². The molecule has 3 aromatic rings. The van der Waals surface area contributed by atoms with E-state index in [0.29, 0.717) is 16.6 Å². The number of carbonyl (C=O) groups is 1. The predicted octanol–water partition coefficient (Wildman–Crippen LogP) is 1.87. The monoisotopic (exact) mass is 300 g/mol. The molecular formula is C13H12N6OS. The van der Waals surface area contributed by atoms with Crippen molar-refractivity contribution in [2.24, 2.45) is 0 Å². The zero-order valence-electron chi connectivity index (χ0n) is 11.1. The van der Waals surface area contributed by atoms with E-state index >= 15 is 0 Å². The Morgan fingerprint density at radius 3 is 2.90 bits per heavy atom. The van der Waals surface area contributed by atoms with E-state index in [4.69, 9.17) is 5.73 Å². The highest BCUT2D eigenvalue weighted by molar-refractivity contribution is 7.13. The number of aryl methyl sites for hydroxylation is 1. The minimum atomic E-state index is -0.324. The van der Waals surface area contributed by atoms with Crippen LogP contribution in [0.4, 0.5) is 10.8 Å². The Labute approximate surface area is 124 Å². The number of nitrogens with one attached hydrogen (secondary N) is 1. The second-order valence-electron chi connectivity index (χ2n) is 4.24. The highest BCUT2D eigenvalue weighted by atomic mass is 32.1. The molecular weight excluding hydrogens is 288 g/mol. The van der Waals surface area contributed by atoms with Crippen LogP contribution in [-0.2, 0) is 0 Å². The van der Waals surface area contributed by atoms with Crippen molar-refractivity contribution in [1.29, 1.82) is 0 Å². The minimum absolute atomic E-state index is 0.287. The van der Waals surface area contributed by atoms with Crippen LogP contribution in [0, 0.1) is 6.92 Å². The van der Waals surface area contributed by atoms with Crippen LogP contribution in [0.2, 0.25) is 0 Å². The van der Waals surface area contributed by atoms with Gasteiger partial charge in [0.2, 0.25) is 0 Å². The van der Waals surface area contributed by atoms with E-state index in [1.54, 1.807) is 40.7 Å². The van der Waals surface area contributed by atoms with Gasteiger partial charge in [-0.15, -0.1) is 11.3 Å². The summed E-state index contributed by atoms with van der Waals surface area (Å²) in [4.78, 5) is 24.6. The Bertz CT molecular complexity index is 793. The zero-order valence-corrected chi connectivity index (χ0v) is 12.0. The first-order chi connectivity index (χ1) is 10.1. The summed E-state index contributed by atoms with van der Waals surface area (Å²) in [6, 6.07) is 3.52. The fraction of sp³-hybridized carbons (Fsp3) is 0.0769. The molecule has 0 fully saturated rings. The molecule has 0 atom stereocenters. The van der Waals surface area contributed by atoms with E-state index in [0.717, 1.165) is 5.82 Å². The number of aromatic nitrogens is 4. The summed E-state index contributed by atoms with van der Waals surface area (Å²) in [6.45, 7) is 1.86. The third-order valence-electron chi connectivity index (χ3n) is 2.84. The first-order valence-corrected chi connectivity index (χ1v) is 7.01. The van der Waals surface area contributed by atoms with Crippen molar-refractivity contribution in [3.8, 4) is 5.82 Å². The summed E-state index contributed by atoms with van der Waals surface area (Å²) < 4.78 is 1.80. The van der Waals surface area contributed by atoms with Crippen molar-refractivity contribution in [3.63, 3.8) is 0 Å². The Hall–Kier alpha value is -2.74. The largest absolute Gasteiger partial charge is 0.375 e. The SMILES string of the molecule is Cc1nccn1-c1ncccc1NC(=O)c1csc(N)n1. The molecule has 0 aliphatic rings. The van der Waals surface area contributed by atoms with Gasteiger partial charge < -0.3 is 11.1 Å². The minimum Gasteiger partial charge on any atom is -0.375 e. The summed E-state index contributed by atoms with van der Waals surface area (Å²) in [6.07, 6.45) is 5.12. The van der Waals surface area contributed by atoms with E-state index in [9.17, 15) is 4.79 Å². The lowest BCUT2D eigenvalue weighted by atomic mass is 10.3. The lowest BCUT2D eigenvalue weighted by molar-refractivity contribution is 0.102. The van der Waals surface area contributed by atoms with Crippen LogP contribution in [0.1, 0.15) is 16.3 Å². The van der Waals surface area contributed by atoms with Gasteiger partial charge in [0.05, 0.1) is 5.69 Å². The molecule has 106 valence electrons. The van der Waals surface area contributed by atoms with Gasteiger partial charge in [0.1, 0.15) is 11.5 Å². The number of anilines is 2. The number of nitrogens with zero attached hydrogens (tertiary/aromatic N) is 4.